The van der Waals surface area contributed by atoms with Crippen LogP contribution in [0.3, 0.4) is 0 Å². The van der Waals surface area contributed by atoms with Crippen molar-refractivity contribution in [2.75, 3.05) is 0 Å². The minimum atomic E-state index is -0.348. The molecule has 0 spiro atoms. The second-order valence-corrected chi connectivity index (χ2v) is 4.61. The summed E-state index contributed by atoms with van der Waals surface area (Å²) in [4.78, 5) is 1.01. The largest absolute Gasteiger partial charge is 0.207 e. The first kappa shape index (κ1) is 13.2. The van der Waals surface area contributed by atoms with Gasteiger partial charge in [0.15, 0.2) is 0 Å². The van der Waals surface area contributed by atoms with Gasteiger partial charge in [-0.3, -0.25) is 0 Å². The summed E-state index contributed by atoms with van der Waals surface area (Å²) < 4.78 is 26.2. The molecule has 0 nitrogen and oxygen atoms in total. The Morgan fingerprint density at radius 3 is 1.44 bits per heavy atom. The van der Waals surface area contributed by atoms with Crippen molar-refractivity contribution in [3.8, 4) is 0 Å². The molecule has 92 valence electrons. The van der Waals surface area contributed by atoms with E-state index in [-0.39, 0.29) is 11.6 Å². The quantitative estimate of drug-likeness (QED) is 0.580. The first-order valence-corrected chi connectivity index (χ1v) is 6.11. The molecule has 0 unspecified atom stereocenters. The third-order valence-electron chi connectivity index (χ3n) is 2.42. The van der Waals surface area contributed by atoms with E-state index < -0.39 is 0 Å². The SMILES string of the molecule is Fc1cccc(/C(S)=C(/S)c2cccc(F)c2)c1. The summed E-state index contributed by atoms with van der Waals surface area (Å²) >= 11 is 8.64. The van der Waals surface area contributed by atoms with Gasteiger partial charge in [-0.25, -0.2) is 8.78 Å². The Labute approximate surface area is 115 Å². The van der Waals surface area contributed by atoms with E-state index in [1.807, 2.05) is 0 Å². The molecule has 4 heteroatoms. The van der Waals surface area contributed by atoms with E-state index in [0.717, 1.165) is 0 Å². The van der Waals surface area contributed by atoms with Crippen molar-refractivity contribution in [2.45, 2.75) is 0 Å². The fourth-order valence-electron chi connectivity index (χ4n) is 1.54. The zero-order valence-corrected chi connectivity index (χ0v) is 11.1. The summed E-state index contributed by atoms with van der Waals surface area (Å²) in [5, 5.41) is 0. The normalized spacial score (nSPS) is 12.2. The van der Waals surface area contributed by atoms with Gasteiger partial charge in [0.25, 0.3) is 0 Å². The van der Waals surface area contributed by atoms with E-state index in [2.05, 4.69) is 25.3 Å². The summed E-state index contributed by atoms with van der Waals surface area (Å²) in [6, 6.07) is 12.1. The maximum absolute atomic E-state index is 13.1. The van der Waals surface area contributed by atoms with E-state index in [1.165, 1.54) is 24.3 Å². The standard InChI is InChI=1S/C14H10F2S2/c15-11-5-1-3-9(7-11)13(17)14(18)10-4-2-6-12(16)8-10/h1-8,17-18H/b14-13-. The highest BCUT2D eigenvalue weighted by molar-refractivity contribution is 7.96. The lowest BCUT2D eigenvalue weighted by Gasteiger charge is -2.07. The lowest BCUT2D eigenvalue weighted by molar-refractivity contribution is 0.627. The first-order valence-electron chi connectivity index (χ1n) is 5.22. The fraction of sp³-hybridized carbons (Fsp3) is 0. The molecular weight excluding hydrogens is 270 g/mol. The van der Waals surface area contributed by atoms with Gasteiger partial charge in [-0.15, -0.1) is 25.3 Å². The Balaban J connectivity index is 2.47. The molecule has 2 aromatic rings. The number of rotatable bonds is 2. The Kier molecular flexibility index (Phi) is 4.09. The van der Waals surface area contributed by atoms with Crippen LogP contribution in [0, 0.1) is 11.6 Å². The zero-order chi connectivity index (χ0) is 13.1. The summed E-state index contributed by atoms with van der Waals surface area (Å²) in [6.07, 6.45) is 0. The van der Waals surface area contributed by atoms with Gasteiger partial charge in [-0.05, 0) is 35.4 Å². The van der Waals surface area contributed by atoms with Gasteiger partial charge >= 0.3 is 0 Å². The minimum absolute atomic E-state index is 0.348. The molecule has 0 radical (unpaired) electrons. The lowest BCUT2D eigenvalue weighted by atomic mass is 10.1. The Hall–Kier alpha value is -1.26. The average Bonchev–Trinajstić information content (AvgIpc) is 2.37. The Morgan fingerprint density at radius 1 is 0.722 bits per heavy atom. The monoisotopic (exact) mass is 280 g/mol. The van der Waals surface area contributed by atoms with Crippen LogP contribution in [-0.4, -0.2) is 0 Å². The van der Waals surface area contributed by atoms with Crippen LogP contribution >= 0.6 is 25.3 Å². The van der Waals surface area contributed by atoms with Crippen LogP contribution < -0.4 is 0 Å². The molecule has 0 aliphatic rings. The van der Waals surface area contributed by atoms with Crippen LogP contribution in [0.25, 0.3) is 9.81 Å². The predicted octanol–water partition coefficient (Wildman–Crippen LogP) is 4.65. The van der Waals surface area contributed by atoms with Crippen LogP contribution in [0.15, 0.2) is 48.5 Å². The highest BCUT2D eigenvalue weighted by Crippen LogP contribution is 2.32. The van der Waals surface area contributed by atoms with Crippen LogP contribution in [0.4, 0.5) is 8.78 Å². The van der Waals surface area contributed by atoms with Gasteiger partial charge in [-0.2, -0.15) is 0 Å². The summed E-state index contributed by atoms with van der Waals surface area (Å²) in [5.74, 6) is -0.696. The van der Waals surface area contributed by atoms with Gasteiger partial charge in [0.1, 0.15) is 11.6 Å². The highest BCUT2D eigenvalue weighted by Gasteiger charge is 2.06. The van der Waals surface area contributed by atoms with E-state index >= 15 is 0 Å². The molecule has 2 rings (SSSR count). The topological polar surface area (TPSA) is 0 Å². The van der Waals surface area contributed by atoms with Gasteiger partial charge in [0.2, 0.25) is 0 Å². The Morgan fingerprint density at radius 2 is 1.11 bits per heavy atom. The summed E-state index contributed by atoms with van der Waals surface area (Å²) in [7, 11) is 0. The van der Waals surface area contributed by atoms with Gasteiger partial charge in [-0.1, -0.05) is 24.3 Å². The van der Waals surface area contributed by atoms with Crippen LogP contribution in [0.2, 0.25) is 0 Å². The maximum atomic E-state index is 13.1. The maximum Gasteiger partial charge on any atom is 0.123 e. The molecule has 0 saturated carbocycles. The second kappa shape index (κ2) is 5.59. The van der Waals surface area contributed by atoms with Gasteiger partial charge in [0, 0.05) is 9.81 Å². The van der Waals surface area contributed by atoms with E-state index in [1.54, 1.807) is 24.3 Å². The second-order valence-electron chi connectivity index (χ2n) is 3.72. The molecule has 0 heterocycles. The molecule has 0 saturated heterocycles. The van der Waals surface area contributed by atoms with Crippen molar-refractivity contribution >= 4 is 35.1 Å². The lowest BCUT2D eigenvalue weighted by Crippen LogP contribution is -1.85. The summed E-state index contributed by atoms with van der Waals surface area (Å²) in [6.45, 7) is 0. The number of thiol groups is 2. The first-order chi connectivity index (χ1) is 8.58. The Bertz CT molecular complexity index is 553. The molecule has 0 N–H and O–H groups in total. The molecule has 0 amide bonds. The van der Waals surface area contributed by atoms with Crippen molar-refractivity contribution in [2.24, 2.45) is 0 Å². The van der Waals surface area contributed by atoms with Crippen molar-refractivity contribution in [1.82, 2.24) is 0 Å². The van der Waals surface area contributed by atoms with Crippen LogP contribution in [0.5, 0.6) is 0 Å². The third-order valence-corrected chi connectivity index (χ3v) is 3.56. The van der Waals surface area contributed by atoms with Gasteiger partial charge in [0.05, 0.1) is 0 Å². The average molecular weight is 280 g/mol. The molecule has 0 atom stereocenters. The van der Waals surface area contributed by atoms with E-state index in [4.69, 9.17) is 0 Å². The molecule has 0 fully saturated rings. The molecule has 18 heavy (non-hydrogen) atoms. The van der Waals surface area contributed by atoms with Crippen LogP contribution in [-0.2, 0) is 0 Å². The molecule has 0 aromatic heterocycles. The van der Waals surface area contributed by atoms with Crippen molar-refractivity contribution in [3.63, 3.8) is 0 Å². The number of hydrogen-bond acceptors (Lipinski definition) is 2. The van der Waals surface area contributed by atoms with Crippen molar-refractivity contribution in [3.05, 3.63) is 71.3 Å². The molecule has 0 aliphatic heterocycles. The smallest absolute Gasteiger partial charge is 0.123 e. The number of hydrogen-bond donors (Lipinski definition) is 2. The molecular formula is C14H10F2S2. The van der Waals surface area contributed by atoms with Crippen molar-refractivity contribution in [1.29, 1.82) is 0 Å². The predicted molar refractivity (Wildman–Crippen MR) is 77.6 cm³/mol. The van der Waals surface area contributed by atoms with Gasteiger partial charge < -0.3 is 0 Å². The number of benzene rings is 2. The van der Waals surface area contributed by atoms with E-state index in [0.29, 0.717) is 20.9 Å². The molecule has 2 aromatic carbocycles. The number of halogens is 2. The van der Waals surface area contributed by atoms with Crippen LogP contribution in [0.1, 0.15) is 11.1 Å². The fourth-order valence-corrected chi connectivity index (χ4v) is 2.08. The highest BCUT2D eigenvalue weighted by atomic mass is 32.1. The van der Waals surface area contributed by atoms with E-state index in [9.17, 15) is 8.78 Å². The zero-order valence-electron chi connectivity index (χ0n) is 9.27. The summed E-state index contributed by atoms with van der Waals surface area (Å²) in [5.41, 5.74) is 1.21. The minimum Gasteiger partial charge on any atom is -0.207 e. The third kappa shape index (κ3) is 2.94. The molecule has 0 aliphatic carbocycles. The van der Waals surface area contributed by atoms with Crippen molar-refractivity contribution < 1.29 is 8.78 Å². The molecule has 0 bridgehead atoms.